The first-order chi connectivity index (χ1) is 7.29. The molecule has 0 aliphatic carbocycles. The summed E-state index contributed by atoms with van der Waals surface area (Å²) < 4.78 is 4.96. The van der Waals surface area contributed by atoms with Gasteiger partial charge in [-0.3, -0.25) is 4.79 Å². The van der Waals surface area contributed by atoms with Gasteiger partial charge in [0.2, 0.25) is 0 Å². The molecule has 0 N–H and O–H groups in total. The fraction of sp³-hybridized carbons (Fsp3) is 0.333. The Labute approximate surface area is 99.4 Å². The van der Waals surface area contributed by atoms with Crippen molar-refractivity contribution in [3.63, 3.8) is 0 Å². The van der Waals surface area contributed by atoms with Crippen LogP contribution in [0.25, 0.3) is 0 Å². The second-order valence-corrected chi connectivity index (χ2v) is 4.78. The van der Waals surface area contributed by atoms with Gasteiger partial charge in [-0.15, -0.1) is 0 Å². The Morgan fingerprint density at radius 1 is 1.25 bits per heavy atom. The molecule has 0 unspecified atom stereocenters. The van der Waals surface area contributed by atoms with Crippen LogP contribution in [-0.4, -0.2) is 17.4 Å². The number of rotatable bonds is 2. The third-order valence-electron chi connectivity index (χ3n) is 1.67. The first-order valence-corrected chi connectivity index (χ1v) is 5.20. The van der Waals surface area contributed by atoms with E-state index < -0.39 is 17.4 Å². The molecule has 86 valence electrons. The lowest BCUT2D eigenvalue weighted by Gasteiger charge is -2.18. The van der Waals surface area contributed by atoms with Crippen LogP contribution in [0.5, 0.6) is 0 Å². The van der Waals surface area contributed by atoms with Crippen LogP contribution < -0.4 is 0 Å². The lowest BCUT2D eigenvalue weighted by molar-refractivity contribution is -0.148. The highest BCUT2D eigenvalue weighted by Crippen LogP contribution is 2.14. The molecule has 0 bridgehead atoms. The van der Waals surface area contributed by atoms with E-state index in [4.69, 9.17) is 16.3 Å². The number of Topliss-reactive ketones (excluding diaryl/α,β-unsaturated/α-hetero) is 1. The minimum absolute atomic E-state index is 0.238. The maximum absolute atomic E-state index is 11.6. The second-order valence-electron chi connectivity index (χ2n) is 4.34. The van der Waals surface area contributed by atoms with Crippen molar-refractivity contribution in [3.05, 3.63) is 34.9 Å². The van der Waals surface area contributed by atoms with Crippen molar-refractivity contribution in [1.29, 1.82) is 0 Å². The Morgan fingerprint density at radius 2 is 1.88 bits per heavy atom. The summed E-state index contributed by atoms with van der Waals surface area (Å²) in [5.41, 5.74) is -0.438. The Kier molecular flexibility index (Phi) is 3.70. The largest absolute Gasteiger partial charge is 0.454 e. The number of ketones is 1. The van der Waals surface area contributed by atoms with Crippen LogP contribution in [0.15, 0.2) is 24.3 Å². The summed E-state index contributed by atoms with van der Waals surface area (Å²) in [5, 5.41) is 0.411. The molecule has 3 nitrogen and oxygen atoms in total. The minimum atomic E-state index is -0.866. The molecule has 0 amide bonds. The Hall–Kier alpha value is -1.35. The van der Waals surface area contributed by atoms with Gasteiger partial charge < -0.3 is 4.74 Å². The second kappa shape index (κ2) is 4.66. The molecule has 1 aromatic rings. The van der Waals surface area contributed by atoms with Crippen molar-refractivity contribution in [2.24, 2.45) is 0 Å². The first-order valence-electron chi connectivity index (χ1n) is 4.83. The van der Waals surface area contributed by atoms with Gasteiger partial charge in [0.15, 0.2) is 0 Å². The number of carbonyl (C=O) groups is 2. The predicted molar refractivity (Wildman–Crippen MR) is 61.6 cm³/mol. The zero-order chi connectivity index (χ0) is 12.3. The number of hydrogen-bond donors (Lipinski definition) is 0. The van der Waals surface area contributed by atoms with E-state index in [-0.39, 0.29) is 5.56 Å². The smallest absolute Gasteiger partial charge is 0.380 e. The van der Waals surface area contributed by atoms with Crippen LogP contribution in [-0.2, 0) is 9.53 Å². The Morgan fingerprint density at radius 3 is 2.38 bits per heavy atom. The van der Waals surface area contributed by atoms with E-state index in [0.29, 0.717) is 5.02 Å². The summed E-state index contributed by atoms with van der Waals surface area (Å²) in [6.45, 7) is 5.11. The molecule has 0 aliphatic rings. The summed E-state index contributed by atoms with van der Waals surface area (Å²) in [4.78, 5) is 23.1. The molecule has 1 aromatic carbocycles. The minimum Gasteiger partial charge on any atom is -0.454 e. The first kappa shape index (κ1) is 12.7. The van der Waals surface area contributed by atoms with Crippen LogP contribution in [0.4, 0.5) is 0 Å². The predicted octanol–water partition coefficient (Wildman–Crippen LogP) is 2.86. The number of carbonyl (C=O) groups excluding carboxylic acids is 2. The average molecular weight is 241 g/mol. The molecule has 0 heterocycles. The molecular weight excluding hydrogens is 228 g/mol. The standard InChI is InChI=1S/C12H13ClO3/c1-12(2,3)16-11(15)10(14)8-5-4-6-9(13)7-8/h4-7H,1-3H3. The molecular formula is C12H13ClO3. The van der Waals surface area contributed by atoms with Gasteiger partial charge in [0, 0.05) is 10.6 Å². The lowest BCUT2D eigenvalue weighted by Crippen LogP contribution is -2.28. The third-order valence-corrected chi connectivity index (χ3v) is 1.91. The summed E-state index contributed by atoms with van der Waals surface area (Å²) in [7, 11) is 0. The van der Waals surface area contributed by atoms with Gasteiger partial charge in [0.05, 0.1) is 0 Å². The normalized spacial score (nSPS) is 11.0. The van der Waals surface area contributed by atoms with E-state index in [1.54, 1.807) is 32.9 Å². The fourth-order valence-electron chi connectivity index (χ4n) is 1.07. The molecule has 0 saturated carbocycles. The van der Waals surface area contributed by atoms with Crippen molar-refractivity contribution in [1.82, 2.24) is 0 Å². The van der Waals surface area contributed by atoms with E-state index >= 15 is 0 Å². The van der Waals surface area contributed by atoms with Crippen molar-refractivity contribution in [2.45, 2.75) is 26.4 Å². The van der Waals surface area contributed by atoms with Crippen molar-refractivity contribution in [3.8, 4) is 0 Å². The molecule has 0 aliphatic heterocycles. The zero-order valence-corrected chi connectivity index (χ0v) is 10.2. The highest BCUT2D eigenvalue weighted by atomic mass is 35.5. The molecule has 1 rings (SSSR count). The quantitative estimate of drug-likeness (QED) is 0.454. The van der Waals surface area contributed by atoms with Gasteiger partial charge in [-0.2, -0.15) is 0 Å². The Balaban J connectivity index is 2.83. The van der Waals surface area contributed by atoms with Crippen molar-refractivity contribution in [2.75, 3.05) is 0 Å². The average Bonchev–Trinajstić information content (AvgIpc) is 2.14. The van der Waals surface area contributed by atoms with E-state index in [0.717, 1.165) is 0 Å². The highest BCUT2D eigenvalue weighted by molar-refractivity contribution is 6.41. The van der Waals surface area contributed by atoms with E-state index in [1.807, 2.05) is 0 Å². The van der Waals surface area contributed by atoms with Gasteiger partial charge in [-0.05, 0) is 32.9 Å². The van der Waals surface area contributed by atoms with Gasteiger partial charge in [0.25, 0.3) is 5.78 Å². The molecule has 0 aromatic heterocycles. The fourth-order valence-corrected chi connectivity index (χ4v) is 1.26. The molecule has 0 radical (unpaired) electrons. The van der Waals surface area contributed by atoms with Crippen LogP contribution in [0.1, 0.15) is 31.1 Å². The number of hydrogen-bond acceptors (Lipinski definition) is 3. The van der Waals surface area contributed by atoms with E-state index in [2.05, 4.69) is 0 Å². The summed E-state index contributed by atoms with van der Waals surface area (Å²) in [5.74, 6) is -1.55. The topological polar surface area (TPSA) is 43.4 Å². The van der Waals surface area contributed by atoms with Crippen LogP contribution in [0.3, 0.4) is 0 Å². The molecule has 0 atom stereocenters. The van der Waals surface area contributed by atoms with E-state index in [1.165, 1.54) is 12.1 Å². The van der Waals surface area contributed by atoms with Crippen LogP contribution in [0, 0.1) is 0 Å². The molecule has 4 heteroatoms. The summed E-state index contributed by atoms with van der Waals surface area (Å²) >= 11 is 5.72. The maximum Gasteiger partial charge on any atom is 0.380 e. The molecule has 0 spiro atoms. The van der Waals surface area contributed by atoms with Gasteiger partial charge in [-0.1, -0.05) is 23.7 Å². The van der Waals surface area contributed by atoms with Crippen LogP contribution >= 0.6 is 11.6 Å². The SMILES string of the molecule is CC(C)(C)OC(=O)C(=O)c1cccc(Cl)c1. The van der Waals surface area contributed by atoms with Gasteiger partial charge in [0.1, 0.15) is 5.60 Å². The summed E-state index contributed by atoms with van der Waals surface area (Å²) in [6.07, 6.45) is 0. The van der Waals surface area contributed by atoms with Crippen molar-refractivity contribution < 1.29 is 14.3 Å². The number of esters is 1. The zero-order valence-electron chi connectivity index (χ0n) is 9.41. The maximum atomic E-state index is 11.6. The van der Waals surface area contributed by atoms with E-state index in [9.17, 15) is 9.59 Å². The Bertz CT molecular complexity index is 419. The number of benzene rings is 1. The van der Waals surface area contributed by atoms with Crippen LogP contribution in [0.2, 0.25) is 5.02 Å². The summed E-state index contributed by atoms with van der Waals surface area (Å²) in [6, 6.07) is 6.21. The monoisotopic (exact) mass is 240 g/mol. The number of ether oxygens (including phenoxy) is 1. The lowest BCUT2D eigenvalue weighted by atomic mass is 10.1. The third kappa shape index (κ3) is 3.66. The molecule has 16 heavy (non-hydrogen) atoms. The molecule has 0 fully saturated rings. The molecule has 0 saturated heterocycles. The van der Waals surface area contributed by atoms with Gasteiger partial charge in [-0.25, -0.2) is 4.79 Å². The highest BCUT2D eigenvalue weighted by Gasteiger charge is 2.23. The van der Waals surface area contributed by atoms with Crippen molar-refractivity contribution >= 4 is 23.4 Å². The van der Waals surface area contributed by atoms with Gasteiger partial charge >= 0.3 is 5.97 Å². The number of halogens is 1.